The van der Waals surface area contributed by atoms with Gasteiger partial charge in [-0.05, 0) is 17.9 Å². The molecule has 0 spiro atoms. The van der Waals surface area contributed by atoms with E-state index in [9.17, 15) is 14.9 Å². The first-order valence-electron chi connectivity index (χ1n) is 6.40. The Hall–Kier alpha value is -1.71. The van der Waals surface area contributed by atoms with Crippen molar-refractivity contribution in [3.8, 4) is 0 Å². The molecule has 0 aliphatic rings. The predicted molar refractivity (Wildman–Crippen MR) is 74.7 cm³/mol. The summed E-state index contributed by atoms with van der Waals surface area (Å²) < 4.78 is 0. The smallest absolute Gasteiger partial charge is 0.211 e. The Morgan fingerprint density at radius 3 is 2.16 bits per heavy atom. The minimum absolute atomic E-state index is 0.00297. The number of ketones is 1. The highest BCUT2D eigenvalue weighted by atomic mass is 16.6. The number of carbonyl (C=O) groups excluding carboxylic acids is 1. The lowest BCUT2D eigenvalue weighted by Crippen LogP contribution is -2.35. The van der Waals surface area contributed by atoms with Crippen LogP contribution in [0.25, 0.3) is 0 Å². The van der Waals surface area contributed by atoms with E-state index in [-0.39, 0.29) is 34.5 Å². The highest BCUT2D eigenvalue weighted by Crippen LogP contribution is 2.38. The van der Waals surface area contributed by atoms with Gasteiger partial charge in [-0.3, -0.25) is 14.9 Å². The van der Waals surface area contributed by atoms with Crippen molar-refractivity contribution < 1.29 is 9.72 Å². The summed E-state index contributed by atoms with van der Waals surface area (Å²) in [4.78, 5) is 22.6. The third kappa shape index (κ3) is 4.16. The maximum absolute atomic E-state index is 12.0. The molecule has 4 nitrogen and oxygen atoms in total. The summed E-state index contributed by atoms with van der Waals surface area (Å²) >= 11 is 0. The van der Waals surface area contributed by atoms with Gasteiger partial charge in [-0.25, -0.2) is 0 Å². The Balaban J connectivity index is 3.22. The molecule has 0 N–H and O–H groups in total. The predicted octanol–water partition coefficient (Wildman–Crippen LogP) is 3.30. The van der Waals surface area contributed by atoms with Crippen LogP contribution < -0.4 is 0 Å². The molecule has 1 aromatic carbocycles. The summed E-state index contributed by atoms with van der Waals surface area (Å²) in [5, 5.41) is 10.9. The average Bonchev–Trinajstić information content (AvgIpc) is 2.26. The lowest BCUT2D eigenvalue weighted by Gasteiger charge is -2.33. The monoisotopic (exact) mass is 263 g/mol. The van der Waals surface area contributed by atoms with Crippen molar-refractivity contribution in [3.63, 3.8) is 0 Å². The summed E-state index contributed by atoms with van der Waals surface area (Å²) in [6.45, 7) is 7.16. The first-order valence-corrected chi connectivity index (χ1v) is 6.40. The van der Waals surface area contributed by atoms with E-state index >= 15 is 0 Å². The Morgan fingerprint density at radius 2 is 1.79 bits per heavy atom. The number of rotatable bonds is 5. The Kier molecular flexibility index (Phi) is 4.81. The van der Waals surface area contributed by atoms with Crippen molar-refractivity contribution in [3.05, 3.63) is 46.0 Å². The number of nitro groups is 1. The molecule has 0 bridgehead atoms. The Bertz CT molecular complexity index is 448. The van der Waals surface area contributed by atoms with E-state index in [1.807, 2.05) is 51.1 Å². The first kappa shape index (κ1) is 15.3. The molecule has 0 heterocycles. The third-order valence-corrected chi connectivity index (χ3v) is 3.35. The average molecular weight is 263 g/mol. The highest BCUT2D eigenvalue weighted by molar-refractivity contribution is 5.80. The summed E-state index contributed by atoms with van der Waals surface area (Å²) in [6, 6.07) is 9.28. The van der Waals surface area contributed by atoms with E-state index in [1.54, 1.807) is 0 Å². The van der Waals surface area contributed by atoms with Gasteiger partial charge in [0.05, 0.1) is 5.92 Å². The molecule has 0 amide bonds. The van der Waals surface area contributed by atoms with E-state index in [0.29, 0.717) is 0 Å². The third-order valence-electron chi connectivity index (χ3n) is 3.35. The van der Waals surface area contributed by atoms with E-state index < -0.39 is 0 Å². The van der Waals surface area contributed by atoms with Crippen LogP contribution in [0, 0.1) is 21.4 Å². The van der Waals surface area contributed by atoms with Crippen molar-refractivity contribution in [1.29, 1.82) is 0 Å². The summed E-state index contributed by atoms with van der Waals surface area (Å²) in [7, 11) is 0. The Labute approximate surface area is 114 Å². The van der Waals surface area contributed by atoms with Gasteiger partial charge in [0.2, 0.25) is 6.54 Å². The molecule has 104 valence electrons. The second-order valence-electron chi connectivity index (χ2n) is 5.99. The maximum Gasteiger partial charge on any atom is 0.211 e. The van der Waals surface area contributed by atoms with Crippen LogP contribution in [-0.2, 0) is 4.79 Å². The largest absolute Gasteiger partial charge is 0.300 e. The zero-order valence-corrected chi connectivity index (χ0v) is 11.9. The molecule has 0 aliphatic carbocycles. The van der Waals surface area contributed by atoms with Crippen LogP contribution in [0.4, 0.5) is 0 Å². The highest BCUT2D eigenvalue weighted by Gasteiger charge is 2.39. The second kappa shape index (κ2) is 5.95. The lowest BCUT2D eigenvalue weighted by atomic mass is 9.69. The molecule has 2 atom stereocenters. The van der Waals surface area contributed by atoms with Crippen LogP contribution in [-0.4, -0.2) is 17.3 Å². The topological polar surface area (TPSA) is 60.2 Å². The summed E-state index contributed by atoms with van der Waals surface area (Å²) in [5.74, 6) is -0.739. The number of hydrogen-bond acceptors (Lipinski definition) is 3. The maximum atomic E-state index is 12.0. The fraction of sp³-hybridized carbons (Fsp3) is 0.533. The molecule has 0 aliphatic heterocycles. The fourth-order valence-corrected chi connectivity index (χ4v) is 2.76. The van der Waals surface area contributed by atoms with E-state index in [4.69, 9.17) is 0 Å². The Morgan fingerprint density at radius 1 is 1.26 bits per heavy atom. The van der Waals surface area contributed by atoms with Gasteiger partial charge in [0.25, 0.3) is 0 Å². The number of Topliss-reactive ketones (excluding diaryl/α,β-unsaturated/α-hetero) is 1. The van der Waals surface area contributed by atoms with E-state index in [1.165, 1.54) is 6.92 Å². The molecule has 19 heavy (non-hydrogen) atoms. The molecule has 0 saturated heterocycles. The van der Waals surface area contributed by atoms with Crippen molar-refractivity contribution in [2.24, 2.45) is 11.3 Å². The number of benzene rings is 1. The molecule has 1 rings (SSSR count). The van der Waals surface area contributed by atoms with Crippen molar-refractivity contribution in [1.82, 2.24) is 0 Å². The van der Waals surface area contributed by atoms with Crippen LogP contribution in [0.1, 0.15) is 39.2 Å². The molecule has 0 radical (unpaired) electrons. The molecule has 0 aromatic heterocycles. The van der Waals surface area contributed by atoms with Gasteiger partial charge >= 0.3 is 0 Å². The molecule has 4 heteroatoms. The normalized spacial score (nSPS) is 14.7. The quantitative estimate of drug-likeness (QED) is 0.605. The van der Waals surface area contributed by atoms with Gasteiger partial charge in [0, 0.05) is 10.8 Å². The molecular weight excluding hydrogens is 242 g/mol. The number of carbonyl (C=O) groups is 1. The van der Waals surface area contributed by atoms with Gasteiger partial charge in [0.15, 0.2) is 0 Å². The van der Waals surface area contributed by atoms with E-state index in [0.717, 1.165) is 5.56 Å². The SMILES string of the molecule is CC(=O)[C@H]([C@@H](C[N+](=O)[O-])c1ccccc1)C(C)(C)C. The zero-order valence-electron chi connectivity index (χ0n) is 11.9. The van der Waals surface area contributed by atoms with Gasteiger partial charge in [0.1, 0.15) is 5.78 Å². The van der Waals surface area contributed by atoms with Crippen molar-refractivity contribution in [2.45, 2.75) is 33.6 Å². The van der Waals surface area contributed by atoms with Gasteiger partial charge < -0.3 is 0 Å². The van der Waals surface area contributed by atoms with Crippen LogP contribution in [0.2, 0.25) is 0 Å². The van der Waals surface area contributed by atoms with Gasteiger partial charge in [-0.1, -0.05) is 51.1 Å². The molecule has 0 unspecified atom stereocenters. The number of hydrogen-bond donors (Lipinski definition) is 0. The van der Waals surface area contributed by atoms with E-state index in [2.05, 4.69) is 0 Å². The van der Waals surface area contributed by atoms with Crippen LogP contribution >= 0.6 is 0 Å². The van der Waals surface area contributed by atoms with Crippen LogP contribution in [0.15, 0.2) is 30.3 Å². The minimum Gasteiger partial charge on any atom is -0.300 e. The van der Waals surface area contributed by atoms with Gasteiger partial charge in [-0.15, -0.1) is 0 Å². The minimum atomic E-state index is -0.381. The van der Waals surface area contributed by atoms with Crippen molar-refractivity contribution >= 4 is 5.78 Å². The second-order valence-corrected chi connectivity index (χ2v) is 5.99. The summed E-state index contributed by atoms with van der Waals surface area (Å²) in [5.41, 5.74) is 0.553. The van der Waals surface area contributed by atoms with Gasteiger partial charge in [-0.2, -0.15) is 0 Å². The zero-order chi connectivity index (χ0) is 14.6. The van der Waals surface area contributed by atoms with Crippen molar-refractivity contribution in [2.75, 3.05) is 6.54 Å². The standard InChI is InChI=1S/C15H21NO3/c1-11(17)14(15(2,3)4)13(10-16(18)19)12-8-6-5-7-9-12/h5-9,13-14H,10H2,1-4H3/t13-,14+/m0/s1. The first-order chi connectivity index (χ1) is 8.73. The molecule has 1 aromatic rings. The fourth-order valence-electron chi connectivity index (χ4n) is 2.76. The van der Waals surface area contributed by atoms with Crippen LogP contribution in [0.5, 0.6) is 0 Å². The molecular formula is C15H21NO3. The lowest BCUT2D eigenvalue weighted by molar-refractivity contribution is -0.485. The number of nitrogens with zero attached hydrogens (tertiary/aromatic N) is 1. The van der Waals surface area contributed by atoms with Crippen LogP contribution in [0.3, 0.4) is 0 Å². The molecule has 0 saturated carbocycles. The molecule has 0 fully saturated rings. The summed E-state index contributed by atoms with van der Waals surface area (Å²) in [6.07, 6.45) is 0.